The highest BCUT2D eigenvalue weighted by Gasteiger charge is 2.16. The smallest absolute Gasteiger partial charge is 0.271 e. The van der Waals surface area contributed by atoms with Gasteiger partial charge in [-0.2, -0.15) is 0 Å². The minimum atomic E-state index is -3.60. The first-order valence-electron chi connectivity index (χ1n) is 5.45. The van der Waals surface area contributed by atoms with Crippen molar-refractivity contribution >= 4 is 38.6 Å². The van der Waals surface area contributed by atoms with Crippen LogP contribution in [0.2, 0.25) is 4.34 Å². The van der Waals surface area contributed by atoms with Crippen LogP contribution in [0, 0.1) is 0 Å². The Balaban J connectivity index is 2.21. The van der Waals surface area contributed by atoms with Gasteiger partial charge in [-0.3, -0.25) is 4.72 Å². The first kappa shape index (κ1) is 14.3. The van der Waals surface area contributed by atoms with Crippen LogP contribution in [0.15, 0.2) is 40.6 Å². The molecule has 0 saturated carbocycles. The summed E-state index contributed by atoms with van der Waals surface area (Å²) in [5.41, 5.74) is 1.16. The van der Waals surface area contributed by atoms with E-state index in [0.29, 0.717) is 10.0 Å². The molecule has 1 unspecified atom stereocenters. The Morgan fingerprint density at radius 1 is 1.21 bits per heavy atom. The number of hydrogen-bond donors (Lipinski definition) is 2. The number of hydrogen-bond acceptors (Lipinski definition) is 4. The summed E-state index contributed by atoms with van der Waals surface area (Å²) >= 11 is 6.72. The fraction of sp³-hybridized carbons (Fsp3) is 0.167. The highest BCUT2D eigenvalue weighted by molar-refractivity contribution is 7.94. The predicted molar refractivity (Wildman–Crippen MR) is 77.2 cm³/mol. The van der Waals surface area contributed by atoms with E-state index in [-0.39, 0.29) is 4.21 Å². The van der Waals surface area contributed by atoms with Crippen LogP contribution >= 0.6 is 22.9 Å². The van der Waals surface area contributed by atoms with Crippen LogP contribution in [0.5, 0.6) is 0 Å². The van der Waals surface area contributed by atoms with Gasteiger partial charge in [-0.1, -0.05) is 23.7 Å². The van der Waals surface area contributed by atoms with Gasteiger partial charge in [0.1, 0.15) is 4.21 Å². The lowest BCUT2D eigenvalue weighted by atomic mass is 10.1. The molecule has 1 aromatic carbocycles. The second-order valence-electron chi connectivity index (χ2n) is 3.96. The molecule has 0 radical (unpaired) electrons. The Labute approximate surface area is 120 Å². The molecule has 1 heterocycles. The van der Waals surface area contributed by atoms with Gasteiger partial charge in [0.15, 0.2) is 0 Å². The van der Waals surface area contributed by atoms with Crippen LogP contribution < -0.4 is 4.72 Å². The largest absolute Gasteiger partial charge is 0.389 e. The van der Waals surface area contributed by atoms with Gasteiger partial charge in [-0.25, -0.2) is 8.42 Å². The molecule has 0 aliphatic carbocycles. The van der Waals surface area contributed by atoms with Crippen molar-refractivity contribution in [1.29, 1.82) is 0 Å². The molecule has 0 aliphatic rings. The maximum atomic E-state index is 12.0. The van der Waals surface area contributed by atoms with Gasteiger partial charge in [-0.05, 0) is 36.8 Å². The van der Waals surface area contributed by atoms with Crippen LogP contribution in [0.25, 0.3) is 0 Å². The molecule has 19 heavy (non-hydrogen) atoms. The van der Waals surface area contributed by atoms with Crippen LogP contribution in [0.1, 0.15) is 18.6 Å². The van der Waals surface area contributed by atoms with E-state index in [0.717, 1.165) is 16.9 Å². The minimum absolute atomic E-state index is 0.164. The van der Waals surface area contributed by atoms with Gasteiger partial charge in [0.05, 0.1) is 10.4 Å². The molecule has 0 aliphatic heterocycles. The molecule has 0 bridgehead atoms. The monoisotopic (exact) mass is 317 g/mol. The lowest BCUT2D eigenvalue weighted by molar-refractivity contribution is 0.199. The molecule has 2 N–H and O–H groups in total. The van der Waals surface area contributed by atoms with E-state index < -0.39 is 16.1 Å². The first-order valence-corrected chi connectivity index (χ1v) is 8.12. The Morgan fingerprint density at radius 2 is 1.84 bits per heavy atom. The lowest BCUT2D eigenvalue weighted by Gasteiger charge is -2.08. The summed E-state index contributed by atoms with van der Waals surface area (Å²) in [6.07, 6.45) is -0.582. The summed E-state index contributed by atoms with van der Waals surface area (Å²) in [5, 5.41) is 9.38. The van der Waals surface area contributed by atoms with Crippen LogP contribution in [-0.2, 0) is 10.0 Å². The van der Waals surface area contributed by atoms with Gasteiger partial charge in [0.2, 0.25) is 0 Å². The van der Waals surface area contributed by atoms with Crippen LogP contribution in [-0.4, -0.2) is 13.5 Å². The first-order chi connectivity index (χ1) is 8.88. The van der Waals surface area contributed by atoms with E-state index in [4.69, 9.17) is 11.6 Å². The Kier molecular flexibility index (Phi) is 4.15. The second-order valence-corrected chi connectivity index (χ2v) is 7.59. The molecule has 0 amide bonds. The third-order valence-electron chi connectivity index (χ3n) is 2.46. The summed E-state index contributed by atoms with van der Waals surface area (Å²) in [4.78, 5) is 0. The van der Waals surface area contributed by atoms with Gasteiger partial charge in [0, 0.05) is 5.69 Å². The van der Waals surface area contributed by atoms with Gasteiger partial charge < -0.3 is 5.11 Å². The molecule has 0 fully saturated rings. The SMILES string of the molecule is CC(O)c1ccc(NS(=O)(=O)c2ccc(Cl)s2)cc1. The summed E-state index contributed by atoms with van der Waals surface area (Å²) in [6.45, 7) is 1.65. The number of sulfonamides is 1. The third-order valence-corrected chi connectivity index (χ3v) is 5.56. The van der Waals surface area contributed by atoms with Crippen molar-refractivity contribution in [3.63, 3.8) is 0 Å². The number of aliphatic hydroxyl groups is 1. The van der Waals surface area contributed by atoms with Crippen molar-refractivity contribution in [3.8, 4) is 0 Å². The van der Waals surface area contributed by atoms with E-state index in [1.807, 2.05) is 0 Å². The van der Waals surface area contributed by atoms with E-state index in [1.54, 1.807) is 31.2 Å². The highest BCUT2D eigenvalue weighted by Crippen LogP contribution is 2.27. The Bertz CT molecular complexity index is 663. The number of thiophene rings is 1. The summed E-state index contributed by atoms with van der Waals surface area (Å²) in [5.74, 6) is 0. The molecule has 0 saturated heterocycles. The molecule has 2 aromatic rings. The number of aliphatic hydroxyl groups excluding tert-OH is 1. The van der Waals surface area contributed by atoms with Crippen molar-refractivity contribution in [2.45, 2.75) is 17.2 Å². The number of anilines is 1. The Hall–Kier alpha value is -1.08. The maximum Gasteiger partial charge on any atom is 0.271 e. The third kappa shape index (κ3) is 3.48. The molecular weight excluding hydrogens is 306 g/mol. The zero-order valence-corrected chi connectivity index (χ0v) is 12.4. The lowest BCUT2D eigenvalue weighted by Crippen LogP contribution is -2.11. The molecule has 1 aromatic heterocycles. The standard InChI is InChI=1S/C12H12ClNO3S2/c1-8(15)9-2-4-10(5-3-9)14-19(16,17)12-7-6-11(13)18-12/h2-8,14-15H,1H3. The number of benzene rings is 1. The number of rotatable bonds is 4. The molecule has 0 spiro atoms. The van der Waals surface area contributed by atoms with Crippen LogP contribution in [0.3, 0.4) is 0 Å². The van der Waals surface area contributed by atoms with Crippen molar-refractivity contribution in [2.24, 2.45) is 0 Å². The molecule has 4 nitrogen and oxygen atoms in total. The molecule has 102 valence electrons. The predicted octanol–water partition coefficient (Wildman–Crippen LogP) is 3.26. The van der Waals surface area contributed by atoms with Crippen molar-refractivity contribution < 1.29 is 13.5 Å². The van der Waals surface area contributed by atoms with E-state index in [1.165, 1.54) is 12.1 Å². The maximum absolute atomic E-state index is 12.0. The zero-order valence-electron chi connectivity index (χ0n) is 10.00. The van der Waals surface area contributed by atoms with E-state index in [9.17, 15) is 13.5 Å². The highest BCUT2D eigenvalue weighted by atomic mass is 35.5. The summed E-state index contributed by atoms with van der Waals surface area (Å²) in [7, 11) is -3.60. The number of nitrogens with one attached hydrogen (secondary N) is 1. The fourth-order valence-electron chi connectivity index (χ4n) is 1.48. The van der Waals surface area contributed by atoms with Crippen molar-refractivity contribution in [2.75, 3.05) is 4.72 Å². The minimum Gasteiger partial charge on any atom is -0.389 e. The fourth-order valence-corrected chi connectivity index (χ4v) is 4.02. The Morgan fingerprint density at radius 3 is 2.32 bits per heavy atom. The molecular formula is C12H12ClNO3S2. The van der Waals surface area contributed by atoms with Crippen LogP contribution in [0.4, 0.5) is 5.69 Å². The second kappa shape index (κ2) is 5.50. The van der Waals surface area contributed by atoms with Gasteiger partial charge in [0.25, 0.3) is 10.0 Å². The van der Waals surface area contributed by atoms with E-state index >= 15 is 0 Å². The number of halogens is 1. The van der Waals surface area contributed by atoms with Gasteiger partial charge in [-0.15, -0.1) is 11.3 Å². The summed E-state index contributed by atoms with van der Waals surface area (Å²) < 4.78 is 27.1. The molecule has 2 rings (SSSR count). The average Bonchev–Trinajstić information content (AvgIpc) is 2.77. The van der Waals surface area contributed by atoms with Crippen molar-refractivity contribution in [1.82, 2.24) is 0 Å². The average molecular weight is 318 g/mol. The zero-order chi connectivity index (χ0) is 14.0. The molecule has 7 heteroatoms. The summed E-state index contributed by atoms with van der Waals surface area (Å²) in [6, 6.07) is 9.55. The molecule has 1 atom stereocenters. The van der Waals surface area contributed by atoms with Gasteiger partial charge >= 0.3 is 0 Å². The normalized spacial score (nSPS) is 13.2. The van der Waals surface area contributed by atoms with Crippen molar-refractivity contribution in [3.05, 3.63) is 46.3 Å². The van der Waals surface area contributed by atoms with E-state index in [2.05, 4.69) is 4.72 Å². The topological polar surface area (TPSA) is 66.4 Å². The quantitative estimate of drug-likeness (QED) is 0.909.